The number of hydrogen-bond acceptors (Lipinski definition) is 2. The fourth-order valence-electron chi connectivity index (χ4n) is 3.87. The summed E-state index contributed by atoms with van der Waals surface area (Å²) in [5.74, 6) is -2.40. The molecule has 0 unspecified atom stereocenters. The average Bonchev–Trinajstić information content (AvgIpc) is 2.92. The van der Waals surface area contributed by atoms with Crippen LogP contribution >= 0.6 is 0 Å². The van der Waals surface area contributed by atoms with Gasteiger partial charge in [0.2, 0.25) is 5.91 Å². The zero-order valence-corrected chi connectivity index (χ0v) is 14.3. The van der Waals surface area contributed by atoms with Gasteiger partial charge in [-0.2, -0.15) is 0 Å². The number of para-hydroxylation sites is 1. The molecular formula is C19H23FN2O3. The Balaban J connectivity index is 1.65. The highest BCUT2D eigenvalue weighted by Crippen LogP contribution is 2.30. The van der Waals surface area contributed by atoms with Crippen LogP contribution in [0.2, 0.25) is 0 Å². The fourth-order valence-corrected chi connectivity index (χ4v) is 3.87. The second-order valence-corrected chi connectivity index (χ2v) is 6.77. The van der Waals surface area contributed by atoms with Crippen molar-refractivity contribution in [2.75, 3.05) is 6.54 Å². The molecule has 1 amide bonds. The summed E-state index contributed by atoms with van der Waals surface area (Å²) in [4.78, 5) is 26.8. The zero-order chi connectivity index (χ0) is 18.0. The maximum atomic E-state index is 13.8. The number of carbonyl (C=O) groups excluding carboxylic acids is 1. The van der Waals surface area contributed by atoms with Crippen LogP contribution in [0.3, 0.4) is 0 Å². The molecule has 1 fully saturated rings. The Morgan fingerprint density at radius 3 is 2.72 bits per heavy atom. The van der Waals surface area contributed by atoms with Crippen molar-refractivity contribution in [2.45, 2.75) is 39.0 Å². The first kappa shape index (κ1) is 17.5. The smallest absolute Gasteiger partial charge is 0.307 e. The van der Waals surface area contributed by atoms with Gasteiger partial charge in [0.1, 0.15) is 5.82 Å². The number of fused-ring (bicyclic) bond motifs is 1. The van der Waals surface area contributed by atoms with E-state index in [2.05, 4.69) is 10.3 Å². The summed E-state index contributed by atoms with van der Waals surface area (Å²) in [6, 6.07) is 4.95. The zero-order valence-electron chi connectivity index (χ0n) is 14.3. The Labute approximate surface area is 145 Å². The van der Waals surface area contributed by atoms with Gasteiger partial charge in [-0.05, 0) is 37.8 Å². The lowest BCUT2D eigenvalue weighted by Gasteiger charge is -2.27. The van der Waals surface area contributed by atoms with Crippen LogP contribution in [0.15, 0.2) is 18.2 Å². The lowest BCUT2D eigenvalue weighted by molar-refractivity contribution is -0.148. The van der Waals surface area contributed by atoms with E-state index in [4.69, 9.17) is 0 Å². The molecule has 1 aliphatic carbocycles. The summed E-state index contributed by atoms with van der Waals surface area (Å²) < 4.78 is 13.8. The number of aromatic nitrogens is 1. The highest BCUT2D eigenvalue weighted by Gasteiger charge is 2.35. The van der Waals surface area contributed by atoms with Gasteiger partial charge in [0, 0.05) is 17.6 Å². The first-order chi connectivity index (χ1) is 12.0. The molecule has 0 saturated heterocycles. The normalized spacial score (nSPS) is 20.6. The van der Waals surface area contributed by atoms with E-state index in [0.29, 0.717) is 31.3 Å². The molecular weight excluding hydrogens is 323 g/mol. The molecule has 5 nitrogen and oxygen atoms in total. The SMILES string of the molecule is Cc1[nH]c2c(F)cccc2c1CCNC(=O)[C@H]1CCCC[C@H]1C(=O)O. The van der Waals surface area contributed by atoms with Gasteiger partial charge in [-0.1, -0.05) is 25.0 Å². The Kier molecular flexibility index (Phi) is 5.06. The van der Waals surface area contributed by atoms with Crippen LogP contribution in [0.1, 0.15) is 36.9 Å². The summed E-state index contributed by atoms with van der Waals surface area (Å²) in [6.07, 6.45) is 3.52. The Bertz CT molecular complexity index is 799. The molecule has 0 aliphatic heterocycles. The minimum absolute atomic E-state index is 0.184. The summed E-state index contributed by atoms with van der Waals surface area (Å²) in [6.45, 7) is 2.30. The lowest BCUT2D eigenvalue weighted by Crippen LogP contribution is -2.40. The third kappa shape index (κ3) is 3.52. The number of nitrogens with one attached hydrogen (secondary N) is 2. The minimum atomic E-state index is -0.886. The molecule has 0 radical (unpaired) electrons. The number of benzene rings is 1. The number of aryl methyl sites for hydroxylation is 1. The van der Waals surface area contributed by atoms with Crippen LogP contribution in [0.4, 0.5) is 4.39 Å². The highest BCUT2D eigenvalue weighted by atomic mass is 19.1. The summed E-state index contributed by atoms with van der Waals surface area (Å²) in [5.41, 5.74) is 2.35. The van der Waals surface area contributed by atoms with E-state index in [0.717, 1.165) is 29.5 Å². The Hall–Kier alpha value is -2.37. The summed E-state index contributed by atoms with van der Waals surface area (Å²) in [7, 11) is 0. The van der Waals surface area contributed by atoms with Crippen LogP contribution in [-0.2, 0) is 16.0 Å². The fraction of sp³-hybridized carbons (Fsp3) is 0.474. The minimum Gasteiger partial charge on any atom is -0.481 e. The van der Waals surface area contributed by atoms with E-state index in [1.165, 1.54) is 6.07 Å². The molecule has 1 heterocycles. The molecule has 0 spiro atoms. The number of rotatable bonds is 5. The molecule has 1 saturated carbocycles. The number of amides is 1. The monoisotopic (exact) mass is 346 g/mol. The molecule has 3 rings (SSSR count). The van der Waals surface area contributed by atoms with Gasteiger partial charge in [0.05, 0.1) is 17.4 Å². The first-order valence-corrected chi connectivity index (χ1v) is 8.75. The molecule has 25 heavy (non-hydrogen) atoms. The molecule has 2 aromatic rings. The van der Waals surface area contributed by atoms with E-state index in [9.17, 15) is 19.1 Å². The van der Waals surface area contributed by atoms with Crippen molar-refractivity contribution in [1.82, 2.24) is 10.3 Å². The largest absolute Gasteiger partial charge is 0.481 e. The van der Waals surface area contributed by atoms with Crippen LogP contribution in [-0.4, -0.2) is 28.5 Å². The summed E-state index contributed by atoms with van der Waals surface area (Å²) >= 11 is 0. The molecule has 2 atom stereocenters. The number of aliphatic carboxylic acids is 1. The molecule has 6 heteroatoms. The second-order valence-electron chi connectivity index (χ2n) is 6.77. The molecule has 134 valence electrons. The van der Waals surface area contributed by atoms with Crippen LogP contribution in [0.5, 0.6) is 0 Å². The van der Waals surface area contributed by atoms with E-state index in [-0.39, 0.29) is 11.7 Å². The van der Waals surface area contributed by atoms with Crippen molar-refractivity contribution in [3.8, 4) is 0 Å². The van der Waals surface area contributed by atoms with Crippen LogP contribution in [0.25, 0.3) is 10.9 Å². The lowest BCUT2D eigenvalue weighted by atomic mass is 9.78. The van der Waals surface area contributed by atoms with Gasteiger partial charge >= 0.3 is 5.97 Å². The number of carboxylic acid groups (broad SMARTS) is 1. The Morgan fingerprint density at radius 1 is 1.28 bits per heavy atom. The van der Waals surface area contributed by atoms with Crippen molar-refractivity contribution in [3.05, 3.63) is 35.3 Å². The summed E-state index contributed by atoms with van der Waals surface area (Å²) in [5, 5.41) is 13.0. The topological polar surface area (TPSA) is 82.2 Å². The number of H-pyrrole nitrogens is 1. The molecule has 3 N–H and O–H groups in total. The maximum Gasteiger partial charge on any atom is 0.307 e. The van der Waals surface area contributed by atoms with Crippen molar-refractivity contribution in [2.24, 2.45) is 11.8 Å². The third-order valence-electron chi connectivity index (χ3n) is 5.20. The molecule has 1 aliphatic rings. The van der Waals surface area contributed by atoms with Gasteiger partial charge < -0.3 is 15.4 Å². The van der Waals surface area contributed by atoms with Gasteiger partial charge in [0.25, 0.3) is 0 Å². The number of hydrogen-bond donors (Lipinski definition) is 3. The molecule has 1 aromatic heterocycles. The number of carboxylic acids is 1. The van der Waals surface area contributed by atoms with Gasteiger partial charge in [-0.15, -0.1) is 0 Å². The molecule has 0 bridgehead atoms. The van der Waals surface area contributed by atoms with Crippen molar-refractivity contribution in [3.63, 3.8) is 0 Å². The third-order valence-corrected chi connectivity index (χ3v) is 5.20. The quantitative estimate of drug-likeness (QED) is 0.778. The van der Waals surface area contributed by atoms with Crippen LogP contribution < -0.4 is 5.32 Å². The van der Waals surface area contributed by atoms with Crippen molar-refractivity contribution >= 4 is 22.8 Å². The number of aromatic amines is 1. The van der Waals surface area contributed by atoms with E-state index in [1.54, 1.807) is 6.07 Å². The molecule has 1 aromatic carbocycles. The predicted molar refractivity (Wildman–Crippen MR) is 92.8 cm³/mol. The van der Waals surface area contributed by atoms with E-state index in [1.807, 2.05) is 13.0 Å². The van der Waals surface area contributed by atoms with E-state index < -0.39 is 17.8 Å². The number of carbonyl (C=O) groups is 2. The second kappa shape index (κ2) is 7.25. The van der Waals surface area contributed by atoms with E-state index >= 15 is 0 Å². The van der Waals surface area contributed by atoms with Crippen molar-refractivity contribution < 1.29 is 19.1 Å². The van der Waals surface area contributed by atoms with Gasteiger partial charge in [0.15, 0.2) is 0 Å². The standard InChI is InChI=1S/C19H23FN2O3/c1-11-12(13-7-4-8-16(20)17(13)22-11)9-10-21-18(23)14-5-2-3-6-15(14)19(24)25/h4,7-8,14-15,22H,2-3,5-6,9-10H2,1H3,(H,21,23)(H,24,25)/t14-,15+/m0/s1. The average molecular weight is 346 g/mol. The predicted octanol–water partition coefficient (Wildman–Crippen LogP) is 3.17. The highest BCUT2D eigenvalue weighted by molar-refractivity contribution is 5.86. The Morgan fingerprint density at radius 2 is 2.00 bits per heavy atom. The maximum absolute atomic E-state index is 13.8. The van der Waals surface area contributed by atoms with Crippen LogP contribution in [0, 0.1) is 24.6 Å². The van der Waals surface area contributed by atoms with Gasteiger partial charge in [-0.3, -0.25) is 9.59 Å². The van der Waals surface area contributed by atoms with Gasteiger partial charge in [-0.25, -0.2) is 4.39 Å². The first-order valence-electron chi connectivity index (χ1n) is 8.75. The number of halogens is 1. The van der Waals surface area contributed by atoms with Crippen molar-refractivity contribution in [1.29, 1.82) is 0 Å².